The molecule has 0 aliphatic heterocycles. The highest BCUT2D eigenvalue weighted by molar-refractivity contribution is 5.92. The minimum Gasteiger partial charge on any atom is -0.404 e. The van der Waals surface area contributed by atoms with Crippen LogP contribution < -0.4 is 15.6 Å². The van der Waals surface area contributed by atoms with Crippen molar-refractivity contribution in [1.29, 1.82) is 0 Å². The number of nitrogens with one attached hydrogen (secondary N) is 2. The van der Waals surface area contributed by atoms with E-state index in [1.807, 2.05) is 0 Å². The number of halogens is 3. The van der Waals surface area contributed by atoms with E-state index in [-0.39, 0.29) is 24.1 Å². The maximum absolute atomic E-state index is 12.4. The zero-order valence-electron chi connectivity index (χ0n) is 13.5. The molecule has 2 rings (SSSR count). The van der Waals surface area contributed by atoms with Gasteiger partial charge in [-0.25, -0.2) is 4.98 Å². The molecule has 1 amide bonds. The van der Waals surface area contributed by atoms with Crippen molar-refractivity contribution in [1.82, 2.24) is 9.97 Å². The molecule has 0 fully saturated rings. The summed E-state index contributed by atoms with van der Waals surface area (Å²) in [7, 11) is 0. The quantitative estimate of drug-likeness (QED) is 0.864. The number of nitrogens with zero attached hydrogens (tertiary/aromatic N) is 1. The van der Waals surface area contributed by atoms with Crippen LogP contribution in [0.25, 0.3) is 0 Å². The molecule has 0 unspecified atom stereocenters. The Kier molecular flexibility index (Phi) is 5.45. The van der Waals surface area contributed by atoms with Crippen LogP contribution in [-0.2, 0) is 11.2 Å². The smallest absolute Gasteiger partial charge is 0.404 e. The molecule has 1 aromatic carbocycles. The van der Waals surface area contributed by atoms with Gasteiger partial charge in [-0.1, -0.05) is 12.1 Å². The van der Waals surface area contributed by atoms with Gasteiger partial charge in [0.1, 0.15) is 5.82 Å². The van der Waals surface area contributed by atoms with Gasteiger partial charge in [0.05, 0.1) is 5.69 Å². The largest absolute Gasteiger partial charge is 0.573 e. The molecule has 9 heteroatoms. The molecule has 1 heterocycles. The number of anilines is 1. The lowest BCUT2D eigenvalue weighted by molar-refractivity contribution is -0.274. The van der Waals surface area contributed by atoms with Crippen LogP contribution in [0.3, 0.4) is 0 Å². The van der Waals surface area contributed by atoms with Crippen molar-refractivity contribution < 1.29 is 22.7 Å². The highest BCUT2D eigenvalue weighted by atomic mass is 19.4. The van der Waals surface area contributed by atoms with Gasteiger partial charge in [-0.15, -0.1) is 13.2 Å². The standard InChI is InChI=1S/C16H16F3N3O3/c1-9-11(15(24)21-10(2)20-9)7-8-14(23)22-12-5-3-4-6-13(12)25-16(17,18)19/h3-6H,7-8H2,1-2H3,(H,22,23)(H,20,21,24). The predicted molar refractivity (Wildman–Crippen MR) is 84.4 cm³/mol. The Morgan fingerprint density at radius 3 is 2.60 bits per heavy atom. The fraction of sp³-hybridized carbons (Fsp3) is 0.312. The summed E-state index contributed by atoms with van der Waals surface area (Å²) in [4.78, 5) is 30.5. The van der Waals surface area contributed by atoms with E-state index in [1.54, 1.807) is 13.8 Å². The van der Waals surface area contributed by atoms with Crippen LogP contribution in [0.2, 0.25) is 0 Å². The zero-order chi connectivity index (χ0) is 18.6. The van der Waals surface area contributed by atoms with Gasteiger partial charge in [0.2, 0.25) is 5.91 Å². The molecule has 134 valence electrons. The highest BCUT2D eigenvalue weighted by Crippen LogP contribution is 2.29. The number of H-pyrrole nitrogens is 1. The van der Waals surface area contributed by atoms with Crippen LogP contribution in [0.5, 0.6) is 5.75 Å². The second-order valence-electron chi connectivity index (χ2n) is 5.31. The minimum atomic E-state index is -4.86. The molecular formula is C16H16F3N3O3. The van der Waals surface area contributed by atoms with Crippen molar-refractivity contribution in [2.24, 2.45) is 0 Å². The van der Waals surface area contributed by atoms with Gasteiger partial charge in [-0.2, -0.15) is 0 Å². The van der Waals surface area contributed by atoms with Gasteiger partial charge in [-0.3, -0.25) is 9.59 Å². The molecule has 0 bridgehead atoms. The summed E-state index contributed by atoms with van der Waals surface area (Å²) in [5.41, 5.74) is 0.437. The number of amides is 1. The second kappa shape index (κ2) is 7.37. The summed E-state index contributed by atoms with van der Waals surface area (Å²) in [5, 5.41) is 2.36. The molecule has 2 aromatic rings. The number of aryl methyl sites for hydroxylation is 2. The number of carbonyl (C=O) groups excluding carboxylic acids is 1. The van der Waals surface area contributed by atoms with Crippen LogP contribution in [-0.4, -0.2) is 22.2 Å². The Bertz CT molecular complexity index is 831. The average molecular weight is 355 g/mol. The predicted octanol–water partition coefficient (Wildman–Crippen LogP) is 2.86. The number of hydrogen-bond donors (Lipinski definition) is 2. The molecule has 2 N–H and O–H groups in total. The Labute approximate surface area is 141 Å². The number of hydrogen-bond acceptors (Lipinski definition) is 4. The fourth-order valence-corrected chi connectivity index (χ4v) is 2.28. The second-order valence-corrected chi connectivity index (χ2v) is 5.31. The molecular weight excluding hydrogens is 339 g/mol. The SMILES string of the molecule is Cc1nc(C)c(CCC(=O)Nc2ccccc2OC(F)(F)F)c(=O)[nH]1. The summed E-state index contributed by atoms with van der Waals surface area (Å²) in [6, 6.07) is 5.22. The number of rotatable bonds is 5. The highest BCUT2D eigenvalue weighted by Gasteiger charge is 2.32. The Balaban J connectivity index is 2.06. The van der Waals surface area contributed by atoms with Crippen molar-refractivity contribution in [2.45, 2.75) is 33.1 Å². The molecule has 0 saturated heterocycles. The van der Waals surface area contributed by atoms with E-state index in [0.29, 0.717) is 17.1 Å². The van der Waals surface area contributed by atoms with E-state index >= 15 is 0 Å². The molecule has 0 radical (unpaired) electrons. The molecule has 6 nitrogen and oxygen atoms in total. The first kappa shape index (κ1) is 18.5. The molecule has 0 spiro atoms. The van der Waals surface area contributed by atoms with Gasteiger partial charge in [-0.05, 0) is 32.4 Å². The normalized spacial score (nSPS) is 11.2. The van der Waals surface area contributed by atoms with Crippen LogP contribution in [0.4, 0.5) is 18.9 Å². The van der Waals surface area contributed by atoms with Crippen LogP contribution >= 0.6 is 0 Å². The first-order valence-corrected chi connectivity index (χ1v) is 7.37. The zero-order valence-corrected chi connectivity index (χ0v) is 13.5. The van der Waals surface area contributed by atoms with Crippen molar-refractivity contribution in [2.75, 3.05) is 5.32 Å². The van der Waals surface area contributed by atoms with E-state index in [9.17, 15) is 22.8 Å². The molecule has 25 heavy (non-hydrogen) atoms. The van der Waals surface area contributed by atoms with Crippen molar-refractivity contribution in [3.63, 3.8) is 0 Å². The first-order chi connectivity index (χ1) is 11.7. The third-order valence-corrected chi connectivity index (χ3v) is 3.33. The van der Waals surface area contributed by atoms with Gasteiger partial charge in [0, 0.05) is 17.7 Å². The molecule has 0 aliphatic rings. The van der Waals surface area contributed by atoms with Gasteiger partial charge < -0.3 is 15.0 Å². The molecule has 0 saturated carbocycles. The summed E-state index contributed by atoms with van der Waals surface area (Å²) in [6.45, 7) is 3.30. The number of aromatic nitrogens is 2. The van der Waals surface area contributed by atoms with E-state index in [4.69, 9.17) is 0 Å². The van der Waals surface area contributed by atoms with Gasteiger partial charge >= 0.3 is 6.36 Å². The van der Waals surface area contributed by atoms with Crippen LogP contribution in [0.1, 0.15) is 23.5 Å². The number of alkyl halides is 3. The molecule has 0 atom stereocenters. The van der Waals surface area contributed by atoms with Crippen molar-refractivity contribution in [3.05, 3.63) is 51.7 Å². The van der Waals surface area contributed by atoms with E-state index in [0.717, 1.165) is 6.07 Å². The number of carbonyl (C=O) groups is 1. The topological polar surface area (TPSA) is 84.1 Å². The summed E-state index contributed by atoms with van der Waals surface area (Å²) >= 11 is 0. The third-order valence-electron chi connectivity index (χ3n) is 3.33. The number of aromatic amines is 1. The van der Waals surface area contributed by atoms with Crippen molar-refractivity contribution >= 4 is 11.6 Å². The maximum atomic E-state index is 12.4. The monoisotopic (exact) mass is 355 g/mol. The number of para-hydroxylation sites is 2. The van der Waals surface area contributed by atoms with E-state index in [1.165, 1.54) is 18.2 Å². The fourth-order valence-electron chi connectivity index (χ4n) is 2.28. The first-order valence-electron chi connectivity index (χ1n) is 7.37. The van der Waals surface area contributed by atoms with Crippen LogP contribution in [0.15, 0.2) is 29.1 Å². The summed E-state index contributed by atoms with van der Waals surface area (Å²) in [5.74, 6) is -0.582. The lowest BCUT2D eigenvalue weighted by Crippen LogP contribution is -2.21. The number of ether oxygens (including phenoxy) is 1. The Hall–Kier alpha value is -2.84. The Morgan fingerprint density at radius 2 is 1.96 bits per heavy atom. The average Bonchev–Trinajstić information content (AvgIpc) is 2.46. The Morgan fingerprint density at radius 1 is 1.28 bits per heavy atom. The third kappa shape index (κ3) is 5.33. The van der Waals surface area contributed by atoms with Crippen LogP contribution in [0, 0.1) is 13.8 Å². The maximum Gasteiger partial charge on any atom is 0.573 e. The summed E-state index contributed by atoms with van der Waals surface area (Å²) < 4.78 is 41.0. The number of benzene rings is 1. The molecule has 0 aliphatic carbocycles. The molecule has 1 aromatic heterocycles. The van der Waals surface area contributed by atoms with E-state index in [2.05, 4.69) is 20.0 Å². The minimum absolute atomic E-state index is 0.0883. The lowest BCUT2D eigenvalue weighted by Gasteiger charge is -2.13. The van der Waals surface area contributed by atoms with E-state index < -0.39 is 18.0 Å². The van der Waals surface area contributed by atoms with Gasteiger partial charge in [0.25, 0.3) is 5.56 Å². The van der Waals surface area contributed by atoms with Crippen molar-refractivity contribution in [3.8, 4) is 5.75 Å². The summed E-state index contributed by atoms with van der Waals surface area (Å²) in [6.07, 6.45) is -4.84. The van der Waals surface area contributed by atoms with Gasteiger partial charge in [0.15, 0.2) is 5.75 Å². The lowest BCUT2D eigenvalue weighted by atomic mass is 10.1.